The monoisotopic (exact) mass is 734 g/mol. The summed E-state index contributed by atoms with van der Waals surface area (Å²) in [6.45, 7) is 8.29. The molecule has 8 atom stereocenters. The summed E-state index contributed by atoms with van der Waals surface area (Å²) in [5, 5.41) is 64.5. The van der Waals surface area contributed by atoms with Crippen molar-refractivity contribution < 1.29 is 44.9 Å². The van der Waals surface area contributed by atoms with Gasteiger partial charge in [0.2, 0.25) is 5.91 Å². The lowest BCUT2D eigenvalue weighted by molar-refractivity contribution is -0.302. The Balaban J connectivity index is 0.0000250. The van der Waals surface area contributed by atoms with Gasteiger partial charge in [-0.1, -0.05) is 164 Å². The van der Waals surface area contributed by atoms with Crippen LogP contribution in [0.25, 0.3) is 0 Å². The topological polar surface area (TPSA) is 169 Å². The van der Waals surface area contributed by atoms with Crippen molar-refractivity contribution in [3.05, 3.63) is 0 Å². The molecule has 1 aliphatic rings. The van der Waals surface area contributed by atoms with Crippen molar-refractivity contribution in [1.82, 2.24) is 5.32 Å². The second-order valence-corrected chi connectivity index (χ2v) is 15.9. The Morgan fingerprint density at radius 1 is 0.627 bits per heavy atom. The van der Waals surface area contributed by atoms with E-state index >= 15 is 0 Å². The van der Waals surface area contributed by atoms with Crippen LogP contribution in [-0.2, 0) is 14.3 Å². The summed E-state index contributed by atoms with van der Waals surface area (Å²) >= 11 is 0. The highest BCUT2D eigenvalue weighted by Gasteiger charge is 2.44. The van der Waals surface area contributed by atoms with Crippen LogP contribution in [-0.4, -0.2) is 98.7 Å². The molecular weight excluding hydrogens is 650 g/mol. The van der Waals surface area contributed by atoms with Gasteiger partial charge in [0.15, 0.2) is 6.29 Å². The molecule has 0 aromatic rings. The molecule has 1 saturated heterocycles. The molecule has 1 fully saturated rings. The molecule has 1 rings (SSSR count). The average Bonchev–Trinajstić information content (AvgIpc) is 3.07. The van der Waals surface area contributed by atoms with Gasteiger partial charge in [-0.3, -0.25) is 4.79 Å². The van der Waals surface area contributed by atoms with E-state index in [0.29, 0.717) is 12.8 Å². The maximum atomic E-state index is 12.9. The molecular formula is C41H83NO9. The van der Waals surface area contributed by atoms with E-state index in [1.54, 1.807) is 0 Å². The van der Waals surface area contributed by atoms with Crippen molar-refractivity contribution in [2.75, 3.05) is 13.2 Å². The number of carbonyl (C=O) groups excluding carboxylic acids is 1. The molecule has 0 aromatic heterocycles. The Morgan fingerprint density at radius 2 is 1.04 bits per heavy atom. The number of carbonyl (C=O) groups is 1. The lowest BCUT2D eigenvalue weighted by Crippen LogP contribution is -2.60. The molecule has 0 aliphatic carbocycles. The summed E-state index contributed by atoms with van der Waals surface area (Å²) in [7, 11) is 0. The minimum Gasteiger partial charge on any atom is -0.394 e. The first-order valence-electron chi connectivity index (χ1n) is 20.5. The molecule has 10 nitrogen and oxygen atoms in total. The molecule has 1 aliphatic heterocycles. The van der Waals surface area contributed by atoms with Crippen molar-refractivity contribution in [2.45, 2.75) is 232 Å². The van der Waals surface area contributed by atoms with Crippen molar-refractivity contribution in [1.29, 1.82) is 0 Å². The minimum absolute atomic E-state index is 0. The van der Waals surface area contributed by atoms with Crippen LogP contribution in [0.5, 0.6) is 0 Å². The molecule has 7 N–H and O–H groups in total. The average molecular weight is 734 g/mol. The molecule has 2 unspecified atom stereocenters. The summed E-state index contributed by atoms with van der Waals surface area (Å²) in [5.74, 6) is 1.17. The molecule has 0 saturated carbocycles. The first-order valence-corrected chi connectivity index (χ1v) is 20.5. The zero-order chi connectivity index (χ0) is 37.1. The number of hydrogen-bond donors (Lipinski definition) is 7. The van der Waals surface area contributed by atoms with Crippen LogP contribution in [0.4, 0.5) is 0 Å². The third kappa shape index (κ3) is 25.0. The predicted octanol–water partition coefficient (Wildman–Crippen LogP) is 6.93. The fourth-order valence-corrected chi connectivity index (χ4v) is 6.75. The number of amides is 1. The lowest BCUT2D eigenvalue weighted by Gasteiger charge is -2.40. The van der Waals surface area contributed by atoms with E-state index in [9.17, 15) is 35.4 Å². The van der Waals surface area contributed by atoms with E-state index in [4.69, 9.17) is 9.47 Å². The summed E-state index contributed by atoms with van der Waals surface area (Å²) < 4.78 is 11.2. The third-order valence-electron chi connectivity index (χ3n) is 10.1. The van der Waals surface area contributed by atoms with Gasteiger partial charge in [-0.2, -0.15) is 0 Å². The second-order valence-electron chi connectivity index (χ2n) is 15.9. The van der Waals surface area contributed by atoms with E-state index in [-0.39, 0.29) is 20.5 Å². The summed E-state index contributed by atoms with van der Waals surface area (Å²) in [4.78, 5) is 12.9. The highest BCUT2D eigenvalue weighted by atomic mass is 16.7. The number of ether oxygens (including phenoxy) is 2. The van der Waals surface area contributed by atoms with Crippen LogP contribution >= 0.6 is 0 Å². The lowest BCUT2D eigenvalue weighted by atomic mass is 9.99. The molecule has 1 amide bonds. The number of rotatable bonds is 32. The third-order valence-corrected chi connectivity index (χ3v) is 10.1. The zero-order valence-corrected chi connectivity index (χ0v) is 32.4. The molecule has 0 radical (unpaired) electrons. The molecule has 0 aromatic carbocycles. The van der Waals surface area contributed by atoms with Gasteiger partial charge in [0.05, 0.1) is 37.9 Å². The summed E-state index contributed by atoms with van der Waals surface area (Å²) in [6, 6.07) is -0.835. The van der Waals surface area contributed by atoms with Crippen LogP contribution in [0.2, 0.25) is 0 Å². The molecule has 0 bridgehead atoms. The first-order chi connectivity index (χ1) is 24.0. The largest absolute Gasteiger partial charge is 0.394 e. The van der Waals surface area contributed by atoms with Crippen LogP contribution in [0.15, 0.2) is 0 Å². The molecule has 0 spiro atoms. The van der Waals surface area contributed by atoms with Crippen LogP contribution < -0.4 is 5.32 Å². The minimum atomic E-state index is -1.58. The number of nitrogens with one attached hydrogen (secondary N) is 1. The fraction of sp³-hybridized carbons (Fsp3) is 0.976. The number of aliphatic hydroxyl groups excluding tert-OH is 6. The molecule has 1 heterocycles. The van der Waals surface area contributed by atoms with Gasteiger partial charge in [0.25, 0.3) is 0 Å². The van der Waals surface area contributed by atoms with Crippen molar-refractivity contribution >= 4 is 5.91 Å². The standard InChI is InChI=1S/C40H79NO9.CH4/c1-30(2)23-19-15-11-7-5-9-13-17-21-25-32(43)27-36(45)41-33(29-49-40-39(48)38(47)37(46)35(28-42)50-40)34(44)26-22-18-14-10-6-8-12-16-20-24-31(3)4;/h30-35,37-40,42-44,46-48H,5-29H2,1-4H3,(H,41,45);1H4/t32-,33+,34-,35?,37+,38+,39?,40+;/m1./s1. The van der Waals surface area contributed by atoms with Crippen LogP contribution in [0, 0.1) is 11.8 Å². The van der Waals surface area contributed by atoms with Gasteiger partial charge < -0.3 is 45.4 Å². The SMILES string of the molecule is C.CC(C)CCCCCCCCCCC[C@@H](O)CC(=O)N[C@@H](CO[C@H]1OC(CO)[C@H](O)[C@H](O)C1O)[C@H](O)CCCCCCCCCCCC(C)C. The number of aliphatic hydroxyl groups is 6. The Kier molecular flexibility index (Phi) is 31.0. The summed E-state index contributed by atoms with van der Waals surface area (Å²) in [5.41, 5.74) is 0. The normalized spacial score (nSPS) is 22.5. The van der Waals surface area contributed by atoms with Gasteiger partial charge in [0.1, 0.15) is 24.4 Å². The highest BCUT2D eigenvalue weighted by molar-refractivity contribution is 5.76. The van der Waals surface area contributed by atoms with E-state index in [0.717, 1.165) is 56.8 Å². The van der Waals surface area contributed by atoms with Gasteiger partial charge in [-0.25, -0.2) is 0 Å². The number of unbranched alkanes of at least 4 members (excludes halogenated alkanes) is 16. The van der Waals surface area contributed by atoms with Gasteiger partial charge in [-0.05, 0) is 24.7 Å². The smallest absolute Gasteiger partial charge is 0.222 e. The second kappa shape index (κ2) is 31.5. The zero-order valence-electron chi connectivity index (χ0n) is 32.4. The maximum Gasteiger partial charge on any atom is 0.222 e. The summed E-state index contributed by atoms with van der Waals surface area (Å²) in [6.07, 6.45) is 15.7. The van der Waals surface area contributed by atoms with E-state index in [1.165, 1.54) is 83.5 Å². The molecule has 10 heteroatoms. The van der Waals surface area contributed by atoms with Crippen molar-refractivity contribution in [3.63, 3.8) is 0 Å². The molecule has 306 valence electrons. The Hall–Kier alpha value is -0.850. The predicted molar refractivity (Wildman–Crippen MR) is 206 cm³/mol. The highest BCUT2D eigenvalue weighted by Crippen LogP contribution is 2.23. The van der Waals surface area contributed by atoms with E-state index in [2.05, 4.69) is 33.0 Å². The maximum absolute atomic E-state index is 12.9. The van der Waals surface area contributed by atoms with Gasteiger partial charge in [-0.15, -0.1) is 0 Å². The van der Waals surface area contributed by atoms with Gasteiger partial charge in [0, 0.05) is 0 Å². The Bertz CT molecular complexity index is 799. The quantitative estimate of drug-likeness (QED) is 0.0363. The van der Waals surface area contributed by atoms with Crippen molar-refractivity contribution in [2.24, 2.45) is 11.8 Å². The number of hydrogen-bond acceptors (Lipinski definition) is 9. The molecule has 51 heavy (non-hydrogen) atoms. The van der Waals surface area contributed by atoms with E-state index in [1.807, 2.05) is 0 Å². The van der Waals surface area contributed by atoms with Crippen LogP contribution in [0.1, 0.15) is 183 Å². The first kappa shape index (κ1) is 50.1. The van der Waals surface area contributed by atoms with Crippen molar-refractivity contribution in [3.8, 4) is 0 Å². The van der Waals surface area contributed by atoms with Gasteiger partial charge >= 0.3 is 0 Å². The van der Waals surface area contributed by atoms with Crippen LogP contribution in [0.3, 0.4) is 0 Å². The Labute approximate surface area is 312 Å². The Morgan fingerprint density at radius 3 is 1.47 bits per heavy atom. The van der Waals surface area contributed by atoms with E-state index < -0.39 is 61.5 Å². The fourth-order valence-electron chi connectivity index (χ4n) is 6.75.